The maximum absolute atomic E-state index is 12.8. The third-order valence-electron chi connectivity index (χ3n) is 9.06. The van der Waals surface area contributed by atoms with Gasteiger partial charge >= 0.3 is 5.97 Å². The Labute approximate surface area is 305 Å². The minimum atomic E-state index is -1.34. The molecule has 1 aliphatic carbocycles. The fourth-order valence-electron chi connectivity index (χ4n) is 6.19. The highest BCUT2D eigenvalue weighted by atomic mass is 17.0. The van der Waals surface area contributed by atoms with Gasteiger partial charge in [-0.25, -0.2) is 0 Å². The molecule has 5 atom stereocenters. The van der Waals surface area contributed by atoms with Crippen LogP contribution in [0.4, 0.5) is 0 Å². The van der Waals surface area contributed by atoms with Crippen molar-refractivity contribution in [2.45, 2.75) is 122 Å². The van der Waals surface area contributed by atoms with Crippen molar-refractivity contribution >= 4 is 17.8 Å². The fraction of sp³-hybridized carbons (Fsp3) is 0.649. The number of rotatable bonds is 27. The second-order valence-corrected chi connectivity index (χ2v) is 12.9. The summed E-state index contributed by atoms with van der Waals surface area (Å²) in [6, 6.07) is 9.90. The van der Waals surface area contributed by atoms with E-state index >= 15 is 0 Å². The van der Waals surface area contributed by atoms with Crippen LogP contribution in [-0.4, -0.2) is 81.1 Å². The minimum absolute atomic E-state index is 0.00696. The number of nitrogens with zero attached hydrogens (tertiary/aromatic N) is 3. The second kappa shape index (κ2) is 25.6. The minimum Gasteiger partial charge on any atom is -0.458 e. The predicted octanol–water partition coefficient (Wildman–Crippen LogP) is 5.47. The van der Waals surface area contributed by atoms with Gasteiger partial charge in [0, 0.05) is 19.4 Å². The summed E-state index contributed by atoms with van der Waals surface area (Å²) in [7, 11) is 0. The molecular formula is C37H55N3O12. The van der Waals surface area contributed by atoms with Gasteiger partial charge in [0.15, 0.2) is 0 Å². The Morgan fingerprint density at radius 2 is 1.58 bits per heavy atom. The summed E-state index contributed by atoms with van der Waals surface area (Å²) in [5.74, 6) is -1.38. The quantitative estimate of drug-likeness (QED) is 0.0379. The van der Waals surface area contributed by atoms with Crippen molar-refractivity contribution in [3.63, 3.8) is 0 Å². The molecule has 0 bridgehead atoms. The third kappa shape index (κ3) is 18.2. The van der Waals surface area contributed by atoms with Gasteiger partial charge < -0.3 is 24.6 Å². The summed E-state index contributed by atoms with van der Waals surface area (Å²) in [5.41, 5.74) is 1.12. The van der Waals surface area contributed by atoms with Crippen molar-refractivity contribution in [3.8, 4) is 0 Å². The predicted molar refractivity (Wildman–Crippen MR) is 190 cm³/mol. The van der Waals surface area contributed by atoms with E-state index in [4.69, 9.17) is 4.74 Å². The highest BCUT2D eigenvalue weighted by Gasteiger charge is 2.32. The molecule has 1 aromatic carbocycles. The van der Waals surface area contributed by atoms with Crippen LogP contribution in [-0.2, 0) is 35.2 Å². The lowest BCUT2D eigenvalue weighted by Crippen LogP contribution is -2.43. The molecule has 0 heterocycles. The molecule has 290 valence electrons. The summed E-state index contributed by atoms with van der Waals surface area (Å²) < 4.78 is 5.83. The first kappa shape index (κ1) is 43.8. The molecule has 0 unspecified atom stereocenters. The molecule has 0 aliphatic heterocycles. The van der Waals surface area contributed by atoms with Crippen molar-refractivity contribution in [1.82, 2.24) is 4.90 Å². The number of allylic oxidation sites excluding steroid dienone is 3. The molecule has 2 amide bonds. The summed E-state index contributed by atoms with van der Waals surface area (Å²) >= 11 is 0. The van der Waals surface area contributed by atoms with Crippen LogP contribution in [0.15, 0.2) is 54.6 Å². The number of imide groups is 1. The number of unbranched alkanes of at least 4 members (excludes halogenated alkanes) is 4. The number of hydrogen-bond donors (Lipinski definition) is 2. The van der Waals surface area contributed by atoms with Gasteiger partial charge in [-0.15, -0.1) is 20.2 Å². The molecule has 15 nitrogen and oxygen atoms in total. The van der Waals surface area contributed by atoms with Crippen molar-refractivity contribution in [1.29, 1.82) is 0 Å². The Bertz CT molecular complexity index is 1290. The Kier molecular flexibility index (Phi) is 21.5. The van der Waals surface area contributed by atoms with Gasteiger partial charge in [0.2, 0.25) is 5.91 Å². The Balaban J connectivity index is 1.86. The first-order valence-electron chi connectivity index (χ1n) is 18.3. The van der Waals surface area contributed by atoms with Crippen molar-refractivity contribution < 1.29 is 49.2 Å². The van der Waals surface area contributed by atoms with Gasteiger partial charge in [0.25, 0.3) is 16.1 Å². The SMILES string of the molecule is CCN(C(=O)CCCCCO[N+](=O)[O-])C(=O)[C@H](O)CC/C=C\C[C@H]1[C@@H](O)CC[C@@H]1/C=C/[C@H](CCc1ccccc1)OC(=O)CCCCCO[N+](=O)[O-]. The zero-order chi connectivity index (χ0) is 38.1. The highest BCUT2D eigenvalue weighted by molar-refractivity contribution is 5.97. The number of benzene rings is 1. The average Bonchev–Trinajstić information content (AvgIpc) is 3.47. The number of aliphatic hydroxyl groups is 2. The maximum Gasteiger partial charge on any atom is 0.306 e. The summed E-state index contributed by atoms with van der Waals surface area (Å²) in [4.78, 5) is 68.0. The van der Waals surface area contributed by atoms with E-state index in [1.807, 2.05) is 54.6 Å². The number of ether oxygens (including phenoxy) is 1. The molecule has 1 aliphatic rings. The molecule has 0 saturated heterocycles. The van der Waals surface area contributed by atoms with Gasteiger partial charge in [-0.1, -0.05) is 61.4 Å². The Hall–Kier alpha value is -4.37. The molecule has 52 heavy (non-hydrogen) atoms. The first-order valence-corrected chi connectivity index (χ1v) is 18.3. The summed E-state index contributed by atoms with van der Waals surface area (Å²) in [6.07, 6.45) is 12.6. The molecule has 0 aromatic heterocycles. The van der Waals surface area contributed by atoms with Crippen LogP contribution in [0.3, 0.4) is 0 Å². The van der Waals surface area contributed by atoms with Gasteiger partial charge in [-0.2, -0.15) is 0 Å². The van der Waals surface area contributed by atoms with Crippen molar-refractivity contribution in [3.05, 3.63) is 80.4 Å². The number of amides is 2. The van der Waals surface area contributed by atoms with E-state index in [0.717, 1.165) is 16.9 Å². The zero-order valence-corrected chi connectivity index (χ0v) is 30.1. The molecule has 0 radical (unpaired) electrons. The van der Waals surface area contributed by atoms with Crippen LogP contribution in [0.25, 0.3) is 0 Å². The summed E-state index contributed by atoms with van der Waals surface area (Å²) in [6.45, 7) is 1.72. The Morgan fingerprint density at radius 3 is 2.21 bits per heavy atom. The average molecular weight is 734 g/mol. The zero-order valence-electron chi connectivity index (χ0n) is 30.1. The number of carbonyl (C=O) groups is 3. The topological polar surface area (TPSA) is 209 Å². The molecule has 2 rings (SSSR count). The molecule has 1 fully saturated rings. The van der Waals surface area contributed by atoms with E-state index in [-0.39, 0.29) is 56.8 Å². The van der Waals surface area contributed by atoms with Crippen molar-refractivity contribution in [2.75, 3.05) is 19.8 Å². The van der Waals surface area contributed by atoms with Crippen LogP contribution in [0.2, 0.25) is 0 Å². The number of hydrogen-bond acceptors (Lipinski definition) is 12. The largest absolute Gasteiger partial charge is 0.458 e. The van der Waals surface area contributed by atoms with Crippen molar-refractivity contribution in [2.24, 2.45) is 11.8 Å². The van der Waals surface area contributed by atoms with E-state index in [9.17, 15) is 44.8 Å². The molecule has 1 aromatic rings. The van der Waals surface area contributed by atoms with E-state index in [0.29, 0.717) is 70.6 Å². The molecule has 0 spiro atoms. The lowest BCUT2D eigenvalue weighted by molar-refractivity contribution is -0.757. The van der Waals surface area contributed by atoms with E-state index < -0.39 is 40.3 Å². The third-order valence-corrected chi connectivity index (χ3v) is 9.06. The van der Waals surface area contributed by atoms with Crippen LogP contribution in [0.1, 0.15) is 102 Å². The van der Waals surface area contributed by atoms with E-state index in [2.05, 4.69) is 9.68 Å². The Morgan fingerprint density at radius 1 is 0.923 bits per heavy atom. The standard InChI is InChI=1S/C37H55N3O12/c1-2-38(35(43)19-11-5-13-27-50-39(46)47)37(45)34(42)18-10-4-9-17-32-30(23-26-33(32)41)22-25-31(24-21-29-15-7-3-8-16-29)52-36(44)20-12-6-14-28-51-40(48)49/h3-4,7-9,15-16,22,25,30-34,41-42H,2,5-6,10-14,17-21,23-24,26-28H2,1H3/b9-4-,25-22+/t30-,31-,32+,33-,34+/m0/s1. The van der Waals surface area contributed by atoms with Crippen LogP contribution < -0.4 is 0 Å². The second-order valence-electron chi connectivity index (χ2n) is 12.9. The van der Waals surface area contributed by atoms with E-state index in [1.54, 1.807) is 6.92 Å². The number of aliphatic hydroxyl groups excluding tert-OH is 2. The smallest absolute Gasteiger partial charge is 0.306 e. The molecule has 15 heteroatoms. The highest BCUT2D eigenvalue weighted by Crippen LogP contribution is 2.36. The lowest BCUT2D eigenvalue weighted by Gasteiger charge is -2.22. The van der Waals surface area contributed by atoms with Crippen LogP contribution >= 0.6 is 0 Å². The van der Waals surface area contributed by atoms with Crippen LogP contribution in [0.5, 0.6) is 0 Å². The van der Waals surface area contributed by atoms with Crippen LogP contribution in [0, 0.1) is 32.1 Å². The fourth-order valence-corrected chi connectivity index (χ4v) is 6.19. The van der Waals surface area contributed by atoms with Gasteiger partial charge in [-0.05, 0) is 101 Å². The lowest BCUT2D eigenvalue weighted by atomic mass is 9.90. The maximum atomic E-state index is 12.8. The first-order chi connectivity index (χ1) is 25.0. The number of likely N-dealkylation sites (N-methyl/N-ethyl adjacent to an activating group) is 1. The normalized spacial score (nSPS) is 18.2. The van der Waals surface area contributed by atoms with Gasteiger partial charge in [0.05, 0.1) is 19.3 Å². The molecular weight excluding hydrogens is 678 g/mol. The summed E-state index contributed by atoms with van der Waals surface area (Å²) in [5, 5.41) is 40.0. The van der Waals surface area contributed by atoms with Gasteiger partial charge in [0.1, 0.15) is 12.2 Å². The number of aryl methyl sites for hydroxylation is 1. The monoisotopic (exact) mass is 733 g/mol. The van der Waals surface area contributed by atoms with Gasteiger partial charge in [-0.3, -0.25) is 19.3 Å². The molecule has 2 N–H and O–H groups in total. The van der Waals surface area contributed by atoms with E-state index in [1.165, 1.54) is 0 Å². The molecule has 1 saturated carbocycles. The number of carbonyl (C=O) groups excluding carboxylic acids is 3. The number of esters is 1.